The first-order chi connectivity index (χ1) is 10.0. The molecule has 110 valence electrons. The molecule has 0 saturated heterocycles. The van der Waals surface area contributed by atoms with Crippen LogP contribution in [0.25, 0.3) is 0 Å². The van der Waals surface area contributed by atoms with E-state index in [1.54, 1.807) is 0 Å². The van der Waals surface area contributed by atoms with E-state index in [0.717, 1.165) is 13.1 Å². The minimum absolute atomic E-state index is 0.302. The third-order valence-corrected chi connectivity index (χ3v) is 4.98. The largest absolute Gasteiger partial charge is 0.301 e. The van der Waals surface area contributed by atoms with E-state index < -0.39 is 0 Å². The number of hydrogen-bond donors (Lipinski definition) is 0. The van der Waals surface area contributed by atoms with Gasteiger partial charge in [0.1, 0.15) is 0 Å². The highest BCUT2D eigenvalue weighted by atomic mass is 15.1. The highest BCUT2D eigenvalue weighted by molar-refractivity contribution is 5.37. The molecule has 1 aromatic carbocycles. The molecule has 0 aliphatic heterocycles. The van der Waals surface area contributed by atoms with Crippen LogP contribution < -0.4 is 0 Å². The summed E-state index contributed by atoms with van der Waals surface area (Å²) in [5.74, 6) is 0. The maximum absolute atomic E-state index is 4.09. The second kappa shape index (κ2) is 5.27. The summed E-state index contributed by atoms with van der Waals surface area (Å²) in [7, 11) is 2.22. The number of nitrogens with zero attached hydrogens (tertiary/aromatic N) is 2. The number of pyridine rings is 1. The van der Waals surface area contributed by atoms with E-state index in [1.165, 1.54) is 17.5 Å². The van der Waals surface area contributed by atoms with Crippen LogP contribution in [0.4, 0.5) is 0 Å². The molecule has 0 amide bonds. The molecule has 2 aromatic rings. The van der Waals surface area contributed by atoms with Gasteiger partial charge in [-0.15, -0.1) is 0 Å². The van der Waals surface area contributed by atoms with Crippen LogP contribution in [-0.4, -0.2) is 23.5 Å². The van der Waals surface area contributed by atoms with Crippen LogP contribution in [-0.2, 0) is 12.0 Å². The van der Waals surface area contributed by atoms with Crippen LogP contribution in [0.2, 0.25) is 0 Å². The molecule has 1 heterocycles. The second-order valence-corrected chi connectivity index (χ2v) is 7.04. The van der Waals surface area contributed by atoms with E-state index in [4.69, 9.17) is 0 Å². The average molecular weight is 280 g/mol. The lowest BCUT2D eigenvalue weighted by Crippen LogP contribution is -2.32. The Hall–Kier alpha value is -1.67. The Balaban J connectivity index is 1.75. The number of likely N-dealkylation sites (N-methyl/N-ethyl adjacent to an activating group) is 1. The molecule has 1 aromatic heterocycles. The van der Waals surface area contributed by atoms with E-state index in [2.05, 4.69) is 73.2 Å². The van der Waals surface area contributed by atoms with Crippen LogP contribution >= 0.6 is 0 Å². The second-order valence-electron chi connectivity index (χ2n) is 7.04. The third kappa shape index (κ3) is 2.73. The molecule has 1 fully saturated rings. The minimum Gasteiger partial charge on any atom is -0.301 e. The van der Waals surface area contributed by atoms with E-state index in [1.807, 2.05) is 12.4 Å². The number of benzene rings is 1. The van der Waals surface area contributed by atoms with Gasteiger partial charge in [-0.3, -0.25) is 4.98 Å². The number of rotatable bonds is 5. The summed E-state index contributed by atoms with van der Waals surface area (Å²) < 4.78 is 0. The van der Waals surface area contributed by atoms with Crippen molar-refractivity contribution in [2.75, 3.05) is 13.6 Å². The molecule has 2 heteroatoms. The molecule has 1 saturated carbocycles. The molecule has 1 aliphatic rings. The SMILES string of the molecule is CN(Cc1ccncc1)C[C@]1(c2ccccc2)CC1(C)C. The van der Waals surface area contributed by atoms with Gasteiger partial charge in [0.15, 0.2) is 0 Å². The van der Waals surface area contributed by atoms with Gasteiger partial charge in [0.25, 0.3) is 0 Å². The van der Waals surface area contributed by atoms with Crippen LogP contribution in [0, 0.1) is 5.41 Å². The van der Waals surface area contributed by atoms with Crippen molar-refractivity contribution in [1.82, 2.24) is 9.88 Å². The molecule has 0 radical (unpaired) electrons. The van der Waals surface area contributed by atoms with Crippen LogP contribution in [0.5, 0.6) is 0 Å². The molecule has 2 nitrogen and oxygen atoms in total. The van der Waals surface area contributed by atoms with Gasteiger partial charge in [-0.05, 0) is 42.1 Å². The Morgan fingerprint density at radius 3 is 2.24 bits per heavy atom. The number of hydrogen-bond acceptors (Lipinski definition) is 2. The molecule has 0 N–H and O–H groups in total. The van der Waals surface area contributed by atoms with Crippen molar-refractivity contribution in [3.63, 3.8) is 0 Å². The Kier molecular flexibility index (Phi) is 3.58. The van der Waals surface area contributed by atoms with Gasteiger partial charge >= 0.3 is 0 Å². The first-order valence-electron chi connectivity index (χ1n) is 7.66. The standard InChI is InChI=1S/C19H24N2/c1-18(2)14-19(18,17-7-5-4-6-8-17)15-21(3)13-16-9-11-20-12-10-16/h4-12H,13-15H2,1-3H3/t19-/m0/s1. The molecule has 21 heavy (non-hydrogen) atoms. The van der Waals surface area contributed by atoms with Crippen molar-refractivity contribution in [1.29, 1.82) is 0 Å². The fourth-order valence-electron chi connectivity index (χ4n) is 3.64. The van der Waals surface area contributed by atoms with Gasteiger partial charge in [-0.1, -0.05) is 44.2 Å². The predicted octanol–water partition coefficient (Wildman–Crippen LogP) is 3.88. The van der Waals surface area contributed by atoms with E-state index in [0.29, 0.717) is 10.8 Å². The molecule has 1 aliphatic carbocycles. The molecular weight excluding hydrogens is 256 g/mol. The summed E-state index contributed by atoms with van der Waals surface area (Å²) in [6.45, 7) is 6.86. The van der Waals surface area contributed by atoms with Gasteiger partial charge in [-0.25, -0.2) is 0 Å². The zero-order valence-corrected chi connectivity index (χ0v) is 13.2. The van der Waals surface area contributed by atoms with Crippen molar-refractivity contribution < 1.29 is 0 Å². The fourth-order valence-corrected chi connectivity index (χ4v) is 3.64. The zero-order chi connectivity index (χ0) is 14.9. The van der Waals surface area contributed by atoms with Crippen molar-refractivity contribution >= 4 is 0 Å². The maximum atomic E-state index is 4.09. The van der Waals surface area contributed by atoms with Crippen LogP contribution in [0.3, 0.4) is 0 Å². The minimum atomic E-state index is 0.302. The first-order valence-corrected chi connectivity index (χ1v) is 7.66. The van der Waals surface area contributed by atoms with Gasteiger partial charge in [-0.2, -0.15) is 0 Å². The summed E-state index contributed by atoms with van der Waals surface area (Å²) in [5.41, 5.74) is 3.50. The summed E-state index contributed by atoms with van der Waals surface area (Å²) in [6, 6.07) is 15.2. The summed E-state index contributed by atoms with van der Waals surface area (Å²) >= 11 is 0. The van der Waals surface area contributed by atoms with Gasteiger partial charge < -0.3 is 4.90 Å². The van der Waals surface area contributed by atoms with Crippen molar-refractivity contribution in [3.05, 3.63) is 66.0 Å². The maximum Gasteiger partial charge on any atom is 0.0271 e. The third-order valence-electron chi connectivity index (χ3n) is 4.98. The molecule has 3 rings (SSSR count). The predicted molar refractivity (Wildman–Crippen MR) is 87.1 cm³/mol. The number of aromatic nitrogens is 1. The van der Waals surface area contributed by atoms with Crippen molar-refractivity contribution in [2.24, 2.45) is 5.41 Å². The average Bonchev–Trinajstić information content (AvgIpc) is 3.03. The van der Waals surface area contributed by atoms with Crippen molar-refractivity contribution in [2.45, 2.75) is 32.2 Å². The van der Waals surface area contributed by atoms with Gasteiger partial charge in [0, 0.05) is 30.9 Å². The van der Waals surface area contributed by atoms with Gasteiger partial charge in [0.05, 0.1) is 0 Å². The monoisotopic (exact) mass is 280 g/mol. The lowest BCUT2D eigenvalue weighted by Gasteiger charge is -2.27. The van der Waals surface area contributed by atoms with E-state index in [-0.39, 0.29) is 0 Å². The Morgan fingerprint density at radius 2 is 1.67 bits per heavy atom. The molecule has 0 unspecified atom stereocenters. The van der Waals surface area contributed by atoms with Crippen LogP contribution in [0.1, 0.15) is 31.4 Å². The van der Waals surface area contributed by atoms with Crippen LogP contribution in [0.15, 0.2) is 54.9 Å². The van der Waals surface area contributed by atoms with E-state index >= 15 is 0 Å². The summed E-state index contributed by atoms with van der Waals surface area (Å²) in [6.07, 6.45) is 5.01. The normalized spacial score (nSPS) is 23.2. The van der Waals surface area contributed by atoms with E-state index in [9.17, 15) is 0 Å². The Labute approximate surface area is 127 Å². The van der Waals surface area contributed by atoms with Crippen molar-refractivity contribution in [3.8, 4) is 0 Å². The highest BCUT2D eigenvalue weighted by Crippen LogP contribution is 2.64. The highest BCUT2D eigenvalue weighted by Gasteiger charge is 2.61. The molecule has 0 bridgehead atoms. The van der Waals surface area contributed by atoms with Gasteiger partial charge in [0.2, 0.25) is 0 Å². The molecule has 1 atom stereocenters. The zero-order valence-electron chi connectivity index (χ0n) is 13.2. The lowest BCUT2D eigenvalue weighted by atomic mass is 9.87. The fraction of sp³-hybridized carbons (Fsp3) is 0.421. The summed E-state index contributed by atoms with van der Waals surface area (Å²) in [4.78, 5) is 6.53. The quantitative estimate of drug-likeness (QED) is 0.826. The topological polar surface area (TPSA) is 16.1 Å². The lowest BCUT2D eigenvalue weighted by molar-refractivity contribution is 0.271. The first kappa shape index (κ1) is 14.3. The Bertz CT molecular complexity index is 591. The molecular formula is C19H24N2. The summed E-state index contributed by atoms with van der Waals surface area (Å²) in [5, 5.41) is 0. The smallest absolute Gasteiger partial charge is 0.0271 e. The molecule has 0 spiro atoms. The Morgan fingerprint density at radius 1 is 1.05 bits per heavy atom.